The van der Waals surface area contributed by atoms with Crippen molar-refractivity contribution in [3.8, 4) is 0 Å². The van der Waals surface area contributed by atoms with Gasteiger partial charge in [-0.15, -0.1) is 0 Å². The minimum atomic E-state index is -0.726. The molecule has 0 amide bonds. The van der Waals surface area contributed by atoms with E-state index < -0.39 is 5.60 Å². The normalized spacial score (nSPS) is 39.0. The van der Waals surface area contributed by atoms with Gasteiger partial charge in [0.05, 0.1) is 18.3 Å². The highest BCUT2D eigenvalue weighted by Gasteiger charge is 2.49. The van der Waals surface area contributed by atoms with E-state index in [1.165, 1.54) is 0 Å². The molecule has 1 rings (SSSR count). The Morgan fingerprint density at radius 3 is 2.62 bits per heavy atom. The van der Waals surface area contributed by atoms with Crippen molar-refractivity contribution in [3.05, 3.63) is 0 Å². The third kappa shape index (κ3) is 1.73. The van der Waals surface area contributed by atoms with Gasteiger partial charge in [0.15, 0.2) is 0 Å². The molecule has 0 spiro atoms. The Labute approximate surface area is 80.3 Å². The first-order valence-electron chi connectivity index (χ1n) is 5.01. The summed E-state index contributed by atoms with van der Waals surface area (Å²) in [5.74, 6) is 0. The molecular weight excluding hydrogens is 166 g/mol. The zero-order valence-electron chi connectivity index (χ0n) is 8.84. The van der Waals surface area contributed by atoms with Crippen LogP contribution in [0, 0.1) is 5.41 Å². The average molecular weight is 187 g/mol. The molecule has 0 aromatic carbocycles. The summed E-state index contributed by atoms with van der Waals surface area (Å²) >= 11 is 0. The smallest absolute Gasteiger partial charge is 0.0969 e. The summed E-state index contributed by atoms with van der Waals surface area (Å²) in [6.45, 7) is 7.03. The lowest BCUT2D eigenvalue weighted by molar-refractivity contribution is -0.0760. The molecule has 1 fully saturated rings. The number of rotatable bonds is 3. The Morgan fingerprint density at radius 2 is 2.31 bits per heavy atom. The molecular formula is C10H21NO2. The van der Waals surface area contributed by atoms with Gasteiger partial charge >= 0.3 is 0 Å². The predicted octanol–water partition coefficient (Wildman–Crippen LogP) is 0.901. The molecule has 1 aliphatic heterocycles. The predicted molar refractivity (Wildman–Crippen MR) is 52.4 cm³/mol. The van der Waals surface area contributed by atoms with Crippen LogP contribution in [-0.4, -0.2) is 30.0 Å². The summed E-state index contributed by atoms with van der Waals surface area (Å²) in [6, 6.07) is 0. The fourth-order valence-corrected chi connectivity index (χ4v) is 1.96. The molecule has 13 heavy (non-hydrogen) atoms. The van der Waals surface area contributed by atoms with Crippen LogP contribution >= 0.6 is 0 Å². The maximum absolute atomic E-state index is 10.4. The van der Waals surface area contributed by atoms with E-state index in [1.54, 1.807) is 0 Å². The third-order valence-corrected chi connectivity index (χ3v) is 3.59. The quantitative estimate of drug-likeness (QED) is 0.690. The van der Waals surface area contributed by atoms with Crippen LogP contribution in [0.25, 0.3) is 0 Å². The lowest BCUT2D eigenvalue weighted by Crippen LogP contribution is -2.51. The van der Waals surface area contributed by atoms with Gasteiger partial charge in [0, 0.05) is 18.4 Å². The first kappa shape index (κ1) is 11.0. The van der Waals surface area contributed by atoms with Gasteiger partial charge in [-0.1, -0.05) is 13.8 Å². The molecule has 3 unspecified atom stereocenters. The summed E-state index contributed by atoms with van der Waals surface area (Å²) in [5, 5.41) is 10.4. The van der Waals surface area contributed by atoms with Gasteiger partial charge in [-0.2, -0.15) is 0 Å². The Kier molecular flexibility index (Phi) is 3.00. The zero-order valence-corrected chi connectivity index (χ0v) is 8.84. The van der Waals surface area contributed by atoms with Crippen molar-refractivity contribution in [2.24, 2.45) is 11.1 Å². The largest absolute Gasteiger partial charge is 0.387 e. The second kappa shape index (κ2) is 3.56. The van der Waals surface area contributed by atoms with Crippen LogP contribution < -0.4 is 5.73 Å². The summed E-state index contributed by atoms with van der Waals surface area (Å²) in [5.41, 5.74) is 4.78. The third-order valence-electron chi connectivity index (χ3n) is 3.59. The van der Waals surface area contributed by atoms with Gasteiger partial charge in [0.1, 0.15) is 0 Å². The van der Waals surface area contributed by atoms with Crippen molar-refractivity contribution in [3.63, 3.8) is 0 Å². The maximum Gasteiger partial charge on any atom is 0.0969 e. The van der Waals surface area contributed by atoms with Gasteiger partial charge in [-0.3, -0.25) is 0 Å². The van der Waals surface area contributed by atoms with Gasteiger partial charge in [-0.25, -0.2) is 0 Å². The molecule has 3 nitrogen and oxygen atoms in total. The van der Waals surface area contributed by atoms with E-state index in [4.69, 9.17) is 10.5 Å². The second-order valence-electron chi connectivity index (χ2n) is 4.48. The monoisotopic (exact) mass is 187 g/mol. The van der Waals surface area contributed by atoms with Crippen molar-refractivity contribution in [2.45, 2.75) is 45.3 Å². The standard InChI is InChI=1S/C10H21NO2/c1-4-9(3,6-11)10(12)5-8(2)13-7-10/h8,12H,4-7,11H2,1-3H3. The lowest BCUT2D eigenvalue weighted by Gasteiger charge is -2.40. The number of aliphatic hydroxyl groups is 1. The van der Waals surface area contributed by atoms with Gasteiger partial charge in [0.25, 0.3) is 0 Å². The van der Waals surface area contributed by atoms with Gasteiger partial charge < -0.3 is 15.6 Å². The van der Waals surface area contributed by atoms with Crippen molar-refractivity contribution in [1.82, 2.24) is 0 Å². The fraction of sp³-hybridized carbons (Fsp3) is 1.00. The maximum atomic E-state index is 10.4. The average Bonchev–Trinajstić information content (AvgIpc) is 2.46. The molecule has 1 saturated heterocycles. The van der Waals surface area contributed by atoms with E-state index in [1.807, 2.05) is 13.8 Å². The Bertz CT molecular complexity index is 180. The summed E-state index contributed by atoms with van der Waals surface area (Å²) in [6.07, 6.45) is 1.74. The highest BCUT2D eigenvalue weighted by atomic mass is 16.5. The van der Waals surface area contributed by atoms with Crippen molar-refractivity contribution in [2.75, 3.05) is 13.2 Å². The molecule has 0 aromatic heterocycles. The van der Waals surface area contributed by atoms with E-state index in [2.05, 4.69) is 6.92 Å². The number of ether oxygens (including phenoxy) is 1. The first-order chi connectivity index (χ1) is 5.97. The summed E-state index contributed by atoms with van der Waals surface area (Å²) < 4.78 is 5.41. The van der Waals surface area contributed by atoms with Crippen LogP contribution in [0.3, 0.4) is 0 Å². The Hall–Kier alpha value is -0.120. The highest BCUT2D eigenvalue weighted by Crippen LogP contribution is 2.41. The summed E-state index contributed by atoms with van der Waals surface area (Å²) in [7, 11) is 0. The molecule has 1 aliphatic rings. The lowest BCUT2D eigenvalue weighted by atomic mass is 9.70. The number of hydrogen-bond donors (Lipinski definition) is 2. The SMILES string of the molecule is CCC(C)(CN)C1(O)COC(C)C1. The number of nitrogens with two attached hydrogens (primary N) is 1. The molecule has 3 N–H and O–H groups in total. The van der Waals surface area contributed by atoms with Crippen LogP contribution in [-0.2, 0) is 4.74 Å². The Balaban J connectivity index is 2.78. The van der Waals surface area contributed by atoms with E-state index in [0.717, 1.165) is 6.42 Å². The van der Waals surface area contributed by atoms with E-state index in [0.29, 0.717) is 19.6 Å². The number of hydrogen-bond acceptors (Lipinski definition) is 3. The molecule has 3 heteroatoms. The van der Waals surface area contributed by atoms with E-state index in [9.17, 15) is 5.11 Å². The van der Waals surface area contributed by atoms with Gasteiger partial charge in [0.2, 0.25) is 0 Å². The van der Waals surface area contributed by atoms with Crippen LogP contribution in [0.15, 0.2) is 0 Å². The molecule has 1 heterocycles. The molecule has 3 atom stereocenters. The minimum Gasteiger partial charge on any atom is -0.387 e. The zero-order chi connectivity index (χ0) is 10.1. The van der Waals surface area contributed by atoms with Crippen LogP contribution in [0.2, 0.25) is 0 Å². The van der Waals surface area contributed by atoms with E-state index >= 15 is 0 Å². The molecule has 0 saturated carbocycles. The Morgan fingerprint density at radius 1 is 1.69 bits per heavy atom. The first-order valence-corrected chi connectivity index (χ1v) is 5.01. The topological polar surface area (TPSA) is 55.5 Å². The fourth-order valence-electron chi connectivity index (χ4n) is 1.96. The van der Waals surface area contributed by atoms with Crippen molar-refractivity contribution in [1.29, 1.82) is 0 Å². The molecule has 0 aromatic rings. The summed E-state index contributed by atoms with van der Waals surface area (Å²) in [4.78, 5) is 0. The molecule has 0 bridgehead atoms. The highest BCUT2D eigenvalue weighted by molar-refractivity contribution is 5.00. The molecule has 78 valence electrons. The van der Waals surface area contributed by atoms with Crippen LogP contribution in [0.4, 0.5) is 0 Å². The molecule has 0 radical (unpaired) electrons. The van der Waals surface area contributed by atoms with Crippen molar-refractivity contribution >= 4 is 0 Å². The van der Waals surface area contributed by atoms with Crippen LogP contribution in [0.1, 0.15) is 33.6 Å². The van der Waals surface area contributed by atoms with E-state index in [-0.39, 0.29) is 11.5 Å². The molecule has 0 aliphatic carbocycles. The van der Waals surface area contributed by atoms with Gasteiger partial charge in [-0.05, 0) is 13.3 Å². The minimum absolute atomic E-state index is 0.155. The van der Waals surface area contributed by atoms with Crippen LogP contribution in [0.5, 0.6) is 0 Å². The van der Waals surface area contributed by atoms with Crippen molar-refractivity contribution < 1.29 is 9.84 Å². The second-order valence-corrected chi connectivity index (χ2v) is 4.48.